The van der Waals surface area contributed by atoms with Crippen LogP contribution in [-0.2, 0) is 33.0 Å². The number of fused-ring (bicyclic) bond motifs is 4. The fourth-order valence-electron chi connectivity index (χ4n) is 6.04. The summed E-state index contributed by atoms with van der Waals surface area (Å²) in [4.78, 5) is 44.6. The summed E-state index contributed by atoms with van der Waals surface area (Å²) in [5, 5.41) is 3.99. The Balaban J connectivity index is 1.43. The van der Waals surface area contributed by atoms with E-state index in [1.165, 1.54) is 4.90 Å². The summed E-state index contributed by atoms with van der Waals surface area (Å²) in [5.74, 6) is -2.17. The molecule has 35 heavy (non-hydrogen) atoms. The van der Waals surface area contributed by atoms with Gasteiger partial charge in [-0.1, -0.05) is 78.3 Å². The van der Waals surface area contributed by atoms with Crippen molar-refractivity contribution in [1.29, 1.82) is 0 Å². The average molecular weight is 486 g/mol. The van der Waals surface area contributed by atoms with Crippen LogP contribution in [0.3, 0.4) is 0 Å². The van der Waals surface area contributed by atoms with E-state index < -0.39 is 17.4 Å². The van der Waals surface area contributed by atoms with Crippen LogP contribution in [0.1, 0.15) is 23.6 Å². The Hall–Kier alpha value is -3.48. The maximum absolute atomic E-state index is 14.2. The molecule has 2 fully saturated rings. The van der Waals surface area contributed by atoms with Gasteiger partial charge < -0.3 is 4.90 Å². The van der Waals surface area contributed by atoms with Gasteiger partial charge in [-0.05, 0) is 30.2 Å². The smallest absolute Gasteiger partial charge is 0.253 e. The fraction of sp³-hybridized carbons (Fsp3) is 0.250. The number of rotatable bonds is 4. The Labute approximate surface area is 208 Å². The second-order valence-electron chi connectivity index (χ2n) is 9.49. The van der Waals surface area contributed by atoms with Gasteiger partial charge in [0.05, 0.1) is 24.9 Å². The van der Waals surface area contributed by atoms with Gasteiger partial charge in [-0.3, -0.25) is 24.6 Å². The molecule has 0 aromatic heterocycles. The molecular formula is C28H24ClN3O3. The number of benzene rings is 3. The van der Waals surface area contributed by atoms with E-state index in [1.807, 2.05) is 79.7 Å². The first-order valence-corrected chi connectivity index (χ1v) is 12.1. The monoisotopic (exact) mass is 485 g/mol. The maximum atomic E-state index is 14.2. The quantitative estimate of drug-likeness (QED) is 0.569. The van der Waals surface area contributed by atoms with Gasteiger partial charge in [0, 0.05) is 22.3 Å². The van der Waals surface area contributed by atoms with Crippen LogP contribution in [0, 0.1) is 11.8 Å². The van der Waals surface area contributed by atoms with Crippen LogP contribution in [0.2, 0.25) is 5.02 Å². The molecule has 2 saturated heterocycles. The van der Waals surface area contributed by atoms with Crippen molar-refractivity contribution in [3.05, 3.63) is 101 Å². The Bertz CT molecular complexity index is 1360. The Morgan fingerprint density at radius 2 is 1.51 bits per heavy atom. The van der Waals surface area contributed by atoms with Crippen LogP contribution >= 0.6 is 11.6 Å². The van der Waals surface area contributed by atoms with E-state index in [0.717, 1.165) is 22.4 Å². The molecule has 3 amide bonds. The van der Waals surface area contributed by atoms with Crippen LogP contribution in [0.25, 0.3) is 0 Å². The predicted molar refractivity (Wildman–Crippen MR) is 132 cm³/mol. The lowest BCUT2D eigenvalue weighted by atomic mass is 9.76. The highest BCUT2D eigenvalue weighted by Gasteiger charge is 2.70. The molecule has 0 unspecified atom stereocenters. The predicted octanol–water partition coefficient (Wildman–Crippen LogP) is 3.88. The Kier molecular flexibility index (Phi) is 5.06. The van der Waals surface area contributed by atoms with Crippen LogP contribution in [0.15, 0.2) is 78.9 Å². The molecule has 3 aliphatic rings. The third-order valence-corrected chi connectivity index (χ3v) is 7.94. The molecule has 3 aliphatic heterocycles. The van der Waals surface area contributed by atoms with E-state index in [-0.39, 0.29) is 36.9 Å². The number of carbonyl (C=O) groups excluding carboxylic acids is 3. The SMILES string of the molecule is C[C@@H]1N[C@]2(C(=O)N(Cc3ccccc3Cl)c3ccccc32)[C@H]2C(=O)N(Cc3ccccc3)C(=O)[C@H]12. The van der Waals surface area contributed by atoms with Gasteiger partial charge >= 0.3 is 0 Å². The van der Waals surface area contributed by atoms with Gasteiger partial charge in [0.2, 0.25) is 11.8 Å². The van der Waals surface area contributed by atoms with Gasteiger partial charge in [-0.2, -0.15) is 0 Å². The van der Waals surface area contributed by atoms with E-state index in [4.69, 9.17) is 11.6 Å². The summed E-state index contributed by atoms with van der Waals surface area (Å²) < 4.78 is 0. The first-order chi connectivity index (χ1) is 16.9. The van der Waals surface area contributed by atoms with E-state index in [2.05, 4.69) is 5.32 Å². The third kappa shape index (κ3) is 3.10. The van der Waals surface area contributed by atoms with Gasteiger partial charge in [0.25, 0.3) is 5.91 Å². The Morgan fingerprint density at radius 3 is 2.29 bits per heavy atom. The van der Waals surface area contributed by atoms with Crippen molar-refractivity contribution in [3.8, 4) is 0 Å². The summed E-state index contributed by atoms with van der Waals surface area (Å²) >= 11 is 6.42. The molecule has 7 heteroatoms. The number of likely N-dealkylation sites (tertiary alicyclic amines) is 1. The van der Waals surface area contributed by atoms with Crippen molar-refractivity contribution in [1.82, 2.24) is 10.2 Å². The molecule has 0 bridgehead atoms. The summed E-state index contributed by atoms with van der Waals surface area (Å²) in [6.07, 6.45) is 0. The van der Waals surface area contributed by atoms with E-state index in [0.29, 0.717) is 5.02 Å². The highest BCUT2D eigenvalue weighted by Crippen LogP contribution is 2.55. The van der Waals surface area contributed by atoms with Gasteiger partial charge in [0.15, 0.2) is 0 Å². The largest absolute Gasteiger partial charge is 0.306 e. The van der Waals surface area contributed by atoms with Crippen LogP contribution < -0.4 is 10.2 Å². The highest BCUT2D eigenvalue weighted by atomic mass is 35.5. The van der Waals surface area contributed by atoms with Gasteiger partial charge in [-0.15, -0.1) is 0 Å². The maximum Gasteiger partial charge on any atom is 0.253 e. The van der Waals surface area contributed by atoms with Crippen LogP contribution in [-0.4, -0.2) is 28.7 Å². The molecule has 3 aromatic rings. The molecular weight excluding hydrogens is 462 g/mol. The van der Waals surface area contributed by atoms with E-state index >= 15 is 0 Å². The fourth-order valence-corrected chi connectivity index (χ4v) is 6.24. The zero-order valence-corrected chi connectivity index (χ0v) is 19.9. The Morgan fingerprint density at radius 1 is 0.829 bits per heavy atom. The standard InChI is InChI=1S/C28H24ClN3O3/c1-17-23-24(26(34)32(25(23)33)15-18-9-3-2-4-10-18)28(30-17)20-12-6-8-14-22(20)31(27(28)35)16-19-11-5-7-13-21(19)29/h2-14,17,23-24,30H,15-16H2,1H3/t17-,23+,24+,28-/m0/s1. The summed E-state index contributed by atoms with van der Waals surface area (Å²) in [5.41, 5.74) is 1.87. The average Bonchev–Trinajstić information content (AvgIpc) is 3.40. The minimum absolute atomic E-state index is 0.202. The van der Waals surface area contributed by atoms with Crippen molar-refractivity contribution >= 4 is 35.0 Å². The highest BCUT2D eigenvalue weighted by molar-refractivity contribution is 6.31. The molecule has 1 spiro atoms. The van der Waals surface area contributed by atoms with Crippen molar-refractivity contribution < 1.29 is 14.4 Å². The minimum atomic E-state index is -1.29. The van der Waals surface area contributed by atoms with Crippen LogP contribution in [0.5, 0.6) is 0 Å². The van der Waals surface area contributed by atoms with E-state index in [1.54, 1.807) is 11.0 Å². The summed E-state index contributed by atoms with van der Waals surface area (Å²) in [6, 6.07) is 24.1. The lowest BCUT2D eigenvalue weighted by Crippen LogP contribution is -2.54. The van der Waals surface area contributed by atoms with E-state index in [9.17, 15) is 14.4 Å². The number of carbonyl (C=O) groups is 3. The molecule has 4 atom stereocenters. The number of imide groups is 1. The number of halogens is 1. The molecule has 6 rings (SSSR count). The zero-order valence-electron chi connectivity index (χ0n) is 19.1. The molecule has 3 heterocycles. The minimum Gasteiger partial charge on any atom is -0.306 e. The molecule has 0 radical (unpaired) electrons. The number of para-hydroxylation sites is 1. The van der Waals surface area contributed by atoms with Crippen molar-refractivity contribution in [2.45, 2.75) is 31.6 Å². The molecule has 176 valence electrons. The second-order valence-corrected chi connectivity index (χ2v) is 9.90. The normalized spacial score (nSPS) is 27.1. The van der Waals surface area contributed by atoms with Gasteiger partial charge in [0.1, 0.15) is 5.54 Å². The second kappa shape index (κ2) is 8.04. The van der Waals surface area contributed by atoms with Crippen molar-refractivity contribution in [3.63, 3.8) is 0 Å². The number of nitrogens with one attached hydrogen (secondary N) is 1. The molecule has 0 saturated carbocycles. The lowest BCUT2D eigenvalue weighted by molar-refractivity contribution is -0.143. The molecule has 0 aliphatic carbocycles. The molecule has 3 aromatic carbocycles. The molecule has 6 nitrogen and oxygen atoms in total. The number of anilines is 1. The van der Waals surface area contributed by atoms with Crippen molar-refractivity contribution in [2.75, 3.05) is 4.90 Å². The number of amides is 3. The third-order valence-electron chi connectivity index (χ3n) is 7.57. The number of nitrogens with zero attached hydrogens (tertiary/aromatic N) is 2. The van der Waals surface area contributed by atoms with Crippen LogP contribution in [0.4, 0.5) is 5.69 Å². The topological polar surface area (TPSA) is 69.7 Å². The zero-order chi connectivity index (χ0) is 24.3. The number of hydrogen-bond donors (Lipinski definition) is 1. The number of hydrogen-bond acceptors (Lipinski definition) is 4. The summed E-state index contributed by atoms with van der Waals surface area (Å²) in [7, 11) is 0. The van der Waals surface area contributed by atoms with Crippen molar-refractivity contribution in [2.24, 2.45) is 11.8 Å². The lowest BCUT2D eigenvalue weighted by Gasteiger charge is -2.30. The summed E-state index contributed by atoms with van der Waals surface area (Å²) in [6.45, 7) is 2.37. The first kappa shape index (κ1) is 22.0. The van der Waals surface area contributed by atoms with Gasteiger partial charge in [-0.25, -0.2) is 0 Å². The first-order valence-electron chi connectivity index (χ1n) is 11.7. The molecule has 1 N–H and O–H groups in total.